The van der Waals surface area contributed by atoms with Crippen LogP contribution in [0.3, 0.4) is 0 Å². The Kier molecular flexibility index (Phi) is 5.08. The van der Waals surface area contributed by atoms with Crippen LogP contribution in [-0.2, 0) is 10.2 Å². The van der Waals surface area contributed by atoms with Crippen LogP contribution in [0.15, 0.2) is 30.6 Å². The van der Waals surface area contributed by atoms with E-state index in [1.54, 1.807) is 10.6 Å². The molecule has 10 heteroatoms. The number of imidazole rings is 1. The largest absolute Gasteiger partial charge is 0.474 e. The first-order chi connectivity index (χ1) is 15.7. The van der Waals surface area contributed by atoms with Crippen molar-refractivity contribution < 1.29 is 23.0 Å². The Morgan fingerprint density at radius 1 is 1.21 bits per heavy atom. The maximum absolute atomic E-state index is 13.1. The fourth-order valence-corrected chi connectivity index (χ4v) is 4.71. The first kappa shape index (κ1) is 21.7. The average Bonchev–Trinajstić information content (AvgIpc) is 3.43. The molecule has 5 rings (SSSR count). The third-order valence-electron chi connectivity index (χ3n) is 6.33. The molecule has 0 radical (unpaired) electrons. The SMILES string of the molecule is CC(C)Oc1nc2nc([C@]34CC[C@](C)(C3)OC4)cn2cc1C(=O)Nc1cccc(C(F)F)n1. The summed E-state index contributed by atoms with van der Waals surface area (Å²) in [6, 6.07) is 4.07. The minimum atomic E-state index is -2.74. The van der Waals surface area contributed by atoms with E-state index in [1.807, 2.05) is 20.0 Å². The molecule has 33 heavy (non-hydrogen) atoms. The first-order valence-corrected chi connectivity index (χ1v) is 10.9. The third-order valence-corrected chi connectivity index (χ3v) is 6.33. The van der Waals surface area contributed by atoms with Crippen LogP contribution in [0.2, 0.25) is 0 Å². The van der Waals surface area contributed by atoms with Crippen molar-refractivity contribution in [1.82, 2.24) is 19.4 Å². The van der Waals surface area contributed by atoms with Gasteiger partial charge in [0.15, 0.2) is 0 Å². The molecule has 8 nitrogen and oxygen atoms in total. The Labute approximate surface area is 189 Å². The number of nitrogens with one attached hydrogen (secondary N) is 1. The maximum atomic E-state index is 13.1. The Hall–Kier alpha value is -3.14. The van der Waals surface area contributed by atoms with Crippen molar-refractivity contribution in [3.05, 3.63) is 47.5 Å². The van der Waals surface area contributed by atoms with Crippen molar-refractivity contribution in [3.8, 4) is 5.88 Å². The van der Waals surface area contributed by atoms with Crippen molar-refractivity contribution in [2.24, 2.45) is 0 Å². The van der Waals surface area contributed by atoms with Crippen LogP contribution in [0, 0.1) is 0 Å². The standard InChI is InChI=1S/C23H25F2N5O3/c1-13(2)33-20-14(19(31)28-17-6-4-5-15(26-17)18(24)25)9-30-10-16(27-21(30)29-20)23-8-7-22(3,11-23)32-12-23/h4-6,9-10,13,18H,7-8,11-12H2,1-3H3,(H,26,28,31)/t22-,23-/m1/s1. The quantitative estimate of drug-likeness (QED) is 0.593. The molecule has 0 spiro atoms. The molecule has 1 saturated carbocycles. The average molecular weight is 457 g/mol. The molecular formula is C23H25F2N5O3. The monoisotopic (exact) mass is 457 g/mol. The summed E-state index contributed by atoms with van der Waals surface area (Å²) in [7, 11) is 0. The molecule has 2 aliphatic rings. The van der Waals surface area contributed by atoms with Crippen molar-refractivity contribution in [3.63, 3.8) is 0 Å². The van der Waals surface area contributed by atoms with E-state index in [9.17, 15) is 13.6 Å². The van der Waals surface area contributed by atoms with E-state index in [-0.39, 0.29) is 34.4 Å². The predicted octanol–water partition coefficient (Wildman–Crippen LogP) is 4.31. The molecule has 1 N–H and O–H groups in total. The summed E-state index contributed by atoms with van der Waals surface area (Å²) in [5.41, 5.74) is 0.362. The number of anilines is 1. The molecule has 1 saturated heterocycles. The van der Waals surface area contributed by atoms with Gasteiger partial charge in [-0.25, -0.2) is 18.7 Å². The van der Waals surface area contributed by atoms with Gasteiger partial charge in [0.05, 0.1) is 24.0 Å². The van der Waals surface area contributed by atoms with Crippen LogP contribution >= 0.6 is 0 Å². The molecule has 0 unspecified atom stereocenters. The lowest BCUT2D eigenvalue weighted by Crippen LogP contribution is -2.26. The summed E-state index contributed by atoms with van der Waals surface area (Å²) in [6.07, 6.45) is 3.38. The Morgan fingerprint density at radius 3 is 2.67 bits per heavy atom. The summed E-state index contributed by atoms with van der Waals surface area (Å²) in [5, 5.41) is 2.57. The van der Waals surface area contributed by atoms with Gasteiger partial charge >= 0.3 is 0 Å². The number of pyridine rings is 1. The molecule has 1 aliphatic heterocycles. The van der Waals surface area contributed by atoms with E-state index in [0.29, 0.717) is 12.4 Å². The van der Waals surface area contributed by atoms with Gasteiger partial charge in [0.25, 0.3) is 12.3 Å². The topological polar surface area (TPSA) is 90.6 Å². The summed E-state index contributed by atoms with van der Waals surface area (Å²) < 4.78 is 39.5. The van der Waals surface area contributed by atoms with Gasteiger partial charge in [-0.1, -0.05) is 6.07 Å². The van der Waals surface area contributed by atoms with E-state index in [4.69, 9.17) is 14.5 Å². The van der Waals surface area contributed by atoms with E-state index >= 15 is 0 Å². The summed E-state index contributed by atoms with van der Waals surface area (Å²) in [5.74, 6) is -0.00420. The zero-order valence-electron chi connectivity index (χ0n) is 18.6. The van der Waals surface area contributed by atoms with Crippen molar-refractivity contribution in [1.29, 1.82) is 0 Å². The predicted molar refractivity (Wildman–Crippen MR) is 116 cm³/mol. The van der Waals surface area contributed by atoms with Gasteiger partial charge in [0.2, 0.25) is 11.7 Å². The molecular weight excluding hydrogens is 432 g/mol. The lowest BCUT2D eigenvalue weighted by atomic mass is 9.84. The first-order valence-electron chi connectivity index (χ1n) is 10.9. The van der Waals surface area contributed by atoms with Crippen molar-refractivity contribution in [2.45, 2.75) is 63.6 Å². The number of amides is 1. The smallest absolute Gasteiger partial charge is 0.280 e. The second-order valence-corrected chi connectivity index (χ2v) is 9.36. The number of carbonyl (C=O) groups is 1. The minimum Gasteiger partial charge on any atom is -0.474 e. The second-order valence-electron chi connectivity index (χ2n) is 9.36. The lowest BCUT2D eigenvalue weighted by molar-refractivity contribution is -0.00627. The number of rotatable bonds is 6. The molecule has 4 heterocycles. The number of halogens is 2. The number of aromatic nitrogens is 4. The zero-order valence-corrected chi connectivity index (χ0v) is 18.6. The molecule has 2 fully saturated rings. The van der Waals surface area contributed by atoms with Crippen molar-refractivity contribution >= 4 is 17.5 Å². The van der Waals surface area contributed by atoms with Crippen LogP contribution in [0.25, 0.3) is 5.78 Å². The van der Waals surface area contributed by atoms with Crippen molar-refractivity contribution in [2.75, 3.05) is 11.9 Å². The van der Waals surface area contributed by atoms with Gasteiger partial charge in [0.1, 0.15) is 17.1 Å². The fraction of sp³-hybridized carbons (Fsp3) is 0.478. The van der Waals surface area contributed by atoms with Crippen LogP contribution in [0.4, 0.5) is 14.6 Å². The Morgan fingerprint density at radius 2 is 2.03 bits per heavy atom. The number of alkyl halides is 2. The number of fused-ring (bicyclic) bond motifs is 3. The minimum absolute atomic E-state index is 0.0203. The van der Waals surface area contributed by atoms with Gasteiger partial charge in [-0.2, -0.15) is 4.98 Å². The van der Waals surface area contributed by atoms with Crippen LogP contribution < -0.4 is 10.1 Å². The molecule has 2 bridgehead atoms. The van der Waals surface area contributed by atoms with Crippen LogP contribution in [-0.4, -0.2) is 43.6 Å². The van der Waals surface area contributed by atoms with E-state index < -0.39 is 18.0 Å². The van der Waals surface area contributed by atoms with Crippen LogP contribution in [0.1, 0.15) is 68.2 Å². The number of carbonyl (C=O) groups excluding carboxylic acids is 1. The lowest BCUT2D eigenvalue weighted by Gasteiger charge is -2.24. The molecule has 2 atom stereocenters. The molecule has 0 aromatic carbocycles. The van der Waals surface area contributed by atoms with Gasteiger partial charge in [-0.15, -0.1) is 0 Å². The van der Waals surface area contributed by atoms with Gasteiger partial charge in [-0.3, -0.25) is 9.20 Å². The Balaban J connectivity index is 1.50. The maximum Gasteiger partial charge on any atom is 0.280 e. The van der Waals surface area contributed by atoms with Gasteiger partial charge in [0, 0.05) is 17.8 Å². The normalized spacial score (nSPS) is 24.2. The highest BCUT2D eigenvalue weighted by Gasteiger charge is 2.55. The van der Waals surface area contributed by atoms with Gasteiger partial charge < -0.3 is 14.8 Å². The van der Waals surface area contributed by atoms with E-state index in [0.717, 1.165) is 25.0 Å². The number of ether oxygens (including phenoxy) is 2. The van der Waals surface area contributed by atoms with Gasteiger partial charge in [-0.05, 0) is 52.2 Å². The number of hydrogen-bond donors (Lipinski definition) is 1. The Bertz CT molecular complexity index is 1220. The van der Waals surface area contributed by atoms with Crippen LogP contribution in [0.5, 0.6) is 5.88 Å². The zero-order chi connectivity index (χ0) is 23.4. The number of nitrogens with zero attached hydrogens (tertiary/aromatic N) is 4. The summed E-state index contributed by atoms with van der Waals surface area (Å²) in [4.78, 5) is 26.1. The molecule has 174 valence electrons. The highest BCUT2D eigenvalue weighted by atomic mass is 19.3. The van der Waals surface area contributed by atoms with E-state index in [2.05, 4.69) is 22.2 Å². The molecule has 3 aromatic rings. The second kappa shape index (κ2) is 7.72. The molecule has 1 aliphatic carbocycles. The molecule has 3 aromatic heterocycles. The highest BCUT2D eigenvalue weighted by Crippen LogP contribution is 2.53. The summed E-state index contributed by atoms with van der Waals surface area (Å²) in [6.45, 7) is 6.39. The van der Waals surface area contributed by atoms with E-state index in [1.165, 1.54) is 18.2 Å². The third kappa shape index (κ3) is 3.92. The molecule has 1 amide bonds. The summed E-state index contributed by atoms with van der Waals surface area (Å²) >= 11 is 0. The number of hydrogen-bond acceptors (Lipinski definition) is 6. The fourth-order valence-electron chi connectivity index (χ4n) is 4.71. The highest BCUT2D eigenvalue weighted by molar-refractivity contribution is 6.05.